The largest absolute Gasteiger partial charge is 0.495 e. The summed E-state index contributed by atoms with van der Waals surface area (Å²) in [6, 6.07) is 7.82. The van der Waals surface area contributed by atoms with Crippen LogP contribution in [0.15, 0.2) is 24.3 Å². The van der Waals surface area contributed by atoms with Crippen LogP contribution >= 0.6 is 24.8 Å². The number of hydrogen-bond acceptors (Lipinski definition) is 4. The number of likely N-dealkylation sites (tertiary alicyclic amines) is 1. The topological polar surface area (TPSA) is 67.6 Å². The Hall–Kier alpha value is -1.17. The number of carbonyl (C=O) groups is 1. The molecule has 120 valence electrons. The third kappa shape index (κ3) is 5.61. The van der Waals surface area contributed by atoms with Crippen molar-refractivity contribution in [1.82, 2.24) is 4.90 Å². The maximum atomic E-state index is 12.1. The van der Waals surface area contributed by atoms with Gasteiger partial charge < -0.3 is 20.7 Å². The van der Waals surface area contributed by atoms with E-state index in [2.05, 4.69) is 5.32 Å². The fraction of sp³-hybridized carbons (Fsp3) is 0.500. The molecule has 0 unspecified atom stereocenters. The number of amides is 1. The van der Waals surface area contributed by atoms with Crippen molar-refractivity contribution in [1.29, 1.82) is 0 Å². The van der Waals surface area contributed by atoms with E-state index in [9.17, 15) is 4.79 Å². The SMILES string of the molecule is COc1ccccc1NCC(=O)N1CCC(N)CC1.Cl.Cl. The number of halogens is 2. The number of piperidine rings is 1. The van der Waals surface area contributed by atoms with E-state index in [1.807, 2.05) is 29.2 Å². The quantitative estimate of drug-likeness (QED) is 0.881. The number of nitrogens with one attached hydrogen (secondary N) is 1. The normalized spacial score (nSPS) is 14.7. The van der Waals surface area contributed by atoms with E-state index in [1.165, 1.54) is 0 Å². The number of nitrogens with two attached hydrogens (primary N) is 1. The van der Waals surface area contributed by atoms with Crippen LogP contribution in [0.25, 0.3) is 0 Å². The first-order valence-electron chi connectivity index (χ1n) is 6.61. The van der Waals surface area contributed by atoms with Crippen molar-refractivity contribution in [3.8, 4) is 5.75 Å². The summed E-state index contributed by atoms with van der Waals surface area (Å²) >= 11 is 0. The smallest absolute Gasteiger partial charge is 0.241 e. The van der Waals surface area contributed by atoms with Crippen LogP contribution in [0.1, 0.15) is 12.8 Å². The lowest BCUT2D eigenvalue weighted by Crippen LogP contribution is -2.44. The third-order valence-electron chi connectivity index (χ3n) is 3.43. The molecule has 1 amide bonds. The third-order valence-corrected chi connectivity index (χ3v) is 3.43. The van der Waals surface area contributed by atoms with Crippen molar-refractivity contribution in [2.24, 2.45) is 5.73 Å². The molecule has 0 atom stereocenters. The fourth-order valence-electron chi connectivity index (χ4n) is 2.22. The zero-order valence-corrected chi connectivity index (χ0v) is 13.7. The molecule has 0 aromatic heterocycles. The number of hydrogen-bond donors (Lipinski definition) is 2. The summed E-state index contributed by atoms with van der Waals surface area (Å²) in [6.45, 7) is 1.80. The summed E-state index contributed by atoms with van der Waals surface area (Å²) in [5.74, 6) is 0.855. The first-order chi connectivity index (χ1) is 9.20. The van der Waals surface area contributed by atoms with Gasteiger partial charge in [0.2, 0.25) is 5.91 Å². The Morgan fingerprint density at radius 3 is 2.57 bits per heavy atom. The minimum absolute atomic E-state index is 0. The lowest BCUT2D eigenvalue weighted by molar-refractivity contribution is -0.130. The van der Waals surface area contributed by atoms with Gasteiger partial charge >= 0.3 is 0 Å². The van der Waals surface area contributed by atoms with Crippen LogP contribution in [0, 0.1) is 0 Å². The molecule has 0 saturated carbocycles. The number of anilines is 1. The Labute approximate surface area is 138 Å². The van der Waals surface area contributed by atoms with E-state index in [0.717, 1.165) is 37.4 Å². The van der Waals surface area contributed by atoms with Crippen molar-refractivity contribution >= 4 is 36.4 Å². The molecule has 0 bridgehead atoms. The molecule has 1 aliphatic rings. The zero-order valence-electron chi connectivity index (χ0n) is 12.1. The summed E-state index contributed by atoms with van der Waals surface area (Å²) in [5.41, 5.74) is 6.67. The van der Waals surface area contributed by atoms with Crippen molar-refractivity contribution in [3.63, 3.8) is 0 Å². The zero-order chi connectivity index (χ0) is 13.7. The molecule has 0 radical (unpaired) electrons. The first-order valence-corrected chi connectivity index (χ1v) is 6.61. The second kappa shape index (κ2) is 9.71. The predicted molar refractivity (Wildman–Crippen MR) is 89.8 cm³/mol. The van der Waals surface area contributed by atoms with Gasteiger partial charge in [-0.15, -0.1) is 24.8 Å². The number of rotatable bonds is 4. The molecule has 7 heteroatoms. The van der Waals surface area contributed by atoms with Crippen LogP contribution in [0.3, 0.4) is 0 Å². The van der Waals surface area contributed by atoms with Gasteiger partial charge in [-0.05, 0) is 25.0 Å². The highest BCUT2D eigenvalue weighted by atomic mass is 35.5. The van der Waals surface area contributed by atoms with E-state index in [1.54, 1.807) is 7.11 Å². The van der Waals surface area contributed by atoms with Gasteiger partial charge in [0.05, 0.1) is 19.3 Å². The van der Waals surface area contributed by atoms with Gasteiger partial charge in [0.1, 0.15) is 5.75 Å². The van der Waals surface area contributed by atoms with Crippen LogP contribution < -0.4 is 15.8 Å². The van der Waals surface area contributed by atoms with Crippen LogP contribution in [0.2, 0.25) is 0 Å². The van der Waals surface area contributed by atoms with Crippen molar-refractivity contribution in [3.05, 3.63) is 24.3 Å². The predicted octanol–water partition coefficient (Wildman–Crippen LogP) is 1.90. The van der Waals surface area contributed by atoms with E-state index in [4.69, 9.17) is 10.5 Å². The van der Waals surface area contributed by atoms with E-state index >= 15 is 0 Å². The summed E-state index contributed by atoms with van der Waals surface area (Å²) in [4.78, 5) is 13.9. The van der Waals surface area contributed by atoms with E-state index in [-0.39, 0.29) is 43.3 Å². The van der Waals surface area contributed by atoms with Gasteiger partial charge in [-0.3, -0.25) is 4.79 Å². The van der Waals surface area contributed by atoms with Crippen molar-refractivity contribution in [2.45, 2.75) is 18.9 Å². The molecule has 0 aliphatic carbocycles. The lowest BCUT2D eigenvalue weighted by Gasteiger charge is -2.30. The molecule has 1 aromatic rings. The maximum absolute atomic E-state index is 12.1. The molecule has 1 heterocycles. The van der Waals surface area contributed by atoms with Gasteiger partial charge in [-0.25, -0.2) is 0 Å². The fourth-order valence-corrected chi connectivity index (χ4v) is 2.22. The summed E-state index contributed by atoms with van der Waals surface area (Å²) in [5, 5.41) is 3.13. The average Bonchev–Trinajstić information content (AvgIpc) is 2.45. The minimum Gasteiger partial charge on any atom is -0.495 e. The molecule has 21 heavy (non-hydrogen) atoms. The van der Waals surface area contributed by atoms with Gasteiger partial charge in [-0.2, -0.15) is 0 Å². The monoisotopic (exact) mass is 335 g/mol. The van der Waals surface area contributed by atoms with Gasteiger partial charge in [0.15, 0.2) is 0 Å². The van der Waals surface area contributed by atoms with Crippen LogP contribution in [-0.4, -0.2) is 43.6 Å². The van der Waals surface area contributed by atoms with E-state index < -0.39 is 0 Å². The minimum atomic E-state index is 0. The molecule has 5 nitrogen and oxygen atoms in total. The summed E-state index contributed by atoms with van der Waals surface area (Å²) in [7, 11) is 1.62. The highest BCUT2D eigenvalue weighted by Gasteiger charge is 2.20. The first kappa shape index (κ1) is 19.8. The molecule has 1 aliphatic heterocycles. The Bertz CT molecular complexity index is 438. The Balaban J connectivity index is 0.00000200. The molecule has 1 aromatic carbocycles. The molecule has 2 rings (SSSR count). The lowest BCUT2D eigenvalue weighted by atomic mass is 10.1. The maximum Gasteiger partial charge on any atom is 0.241 e. The highest BCUT2D eigenvalue weighted by Crippen LogP contribution is 2.22. The van der Waals surface area contributed by atoms with E-state index in [0.29, 0.717) is 0 Å². The second-order valence-corrected chi connectivity index (χ2v) is 4.77. The highest BCUT2D eigenvalue weighted by molar-refractivity contribution is 5.85. The number of nitrogens with zero attached hydrogens (tertiary/aromatic N) is 1. The van der Waals surface area contributed by atoms with Crippen molar-refractivity contribution in [2.75, 3.05) is 32.1 Å². The number of ether oxygens (including phenoxy) is 1. The van der Waals surface area contributed by atoms with Crippen LogP contribution in [0.4, 0.5) is 5.69 Å². The van der Waals surface area contributed by atoms with Gasteiger partial charge in [0.25, 0.3) is 0 Å². The number of para-hydroxylation sites is 2. The van der Waals surface area contributed by atoms with Gasteiger partial charge in [0, 0.05) is 19.1 Å². The molecule has 1 saturated heterocycles. The molecule has 1 fully saturated rings. The molecular weight excluding hydrogens is 313 g/mol. The van der Waals surface area contributed by atoms with Crippen molar-refractivity contribution < 1.29 is 9.53 Å². The Kier molecular flexibility index (Phi) is 9.17. The van der Waals surface area contributed by atoms with Crippen LogP contribution in [-0.2, 0) is 4.79 Å². The molecular formula is C14H23Cl2N3O2. The molecule has 0 spiro atoms. The second-order valence-electron chi connectivity index (χ2n) is 4.77. The Morgan fingerprint density at radius 1 is 1.33 bits per heavy atom. The number of carbonyl (C=O) groups excluding carboxylic acids is 1. The van der Waals surface area contributed by atoms with Crippen LogP contribution in [0.5, 0.6) is 5.75 Å². The van der Waals surface area contributed by atoms with Gasteiger partial charge in [-0.1, -0.05) is 12.1 Å². The number of benzene rings is 1. The Morgan fingerprint density at radius 2 is 1.95 bits per heavy atom. The molecule has 3 N–H and O–H groups in total. The summed E-state index contributed by atoms with van der Waals surface area (Å²) in [6.07, 6.45) is 1.78. The standard InChI is InChI=1S/C14H21N3O2.2ClH/c1-19-13-5-3-2-4-12(13)16-10-14(18)17-8-6-11(15)7-9-17;;/h2-5,11,16H,6-10,15H2,1H3;2*1H. The summed E-state index contributed by atoms with van der Waals surface area (Å²) < 4.78 is 5.23. The number of methoxy groups -OCH3 is 1. The average molecular weight is 336 g/mol.